The van der Waals surface area contributed by atoms with Crippen LogP contribution in [0, 0.1) is 0 Å². The predicted octanol–water partition coefficient (Wildman–Crippen LogP) is 0.254. The number of halogens is 3. The highest BCUT2D eigenvalue weighted by molar-refractivity contribution is 8.00. The number of sulfonamides is 1. The number of nitrogens with zero attached hydrogens (tertiary/aromatic N) is 2. The predicted molar refractivity (Wildman–Crippen MR) is 41.9 cm³/mol. The fourth-order valence-electron chi connectivity index (χ4n) is 0.237. The normalized spacial score (nSPS) is 17.9. The summed E-state index contributed by atoms with van der Waals surface area (Å²) in [6.07, 6.45) is 0. The van der Waals surface area contributed by atoms with Crippen molar-refractivity contribution in [2.75, 3.05) is 14.1 Å². The maximum absolute atomic E-state index is 11.7. The van der Waals surface area contributed by atoms with Gasteiger partial charge in [0.15, 0.2) is 0 Å². The summed E-state index contributed by atoms with van der Waals surface area (Å²) in [6, 6.07) is 0. The van der Waals surface area contributed by atoms with Crippen LogP contribution in [0.5, 0.6) is 0 Å². The second kappa shape index (κ2) is 3.64. The largest absolute Gasteiger partial charge is 0.519 e. The van der Waals surface area contributed by atoms with E-state index >= 15 is 0 Å². The highest BCUT2D eigenvalue weighted by Gasteiger charge is 2.47. The zero-order chi connectivity index (χ0) is 11.8. The van der Waals surface area contributed by atoms with Crippen molar-refractivity contribution in [3.05, 3.63) is 0 Å². The molecule has 1 atom stereocenters. The molecule has 0 radical (unpaired) electrons. The van der Waals surface area contributed by atoms with Crippen molar-refractivity contribution < 1.29 is 30.4 Å². The molecule has 0 saturated heterocycles. The molecule has 0 aromatic rings. The van der Waals surface area contributed by atoms with E-state index in [1.54, 1.807) is 0 Å². The van der Waals surface area contributed by atoms with Gasteiger partial charge in [0, 0.05) is 14.1 Å². The number of hydrogen-bond donors (Lipinski definition) is 1. The SMILES string of the molecule is CN(C)S(=O)(O)=NS(=O)(=O)C(F)(F)F. The van der Waals surface area contributed by atoms with Crippen molar-refractivity contribution in [3.63, 3.8) is 0 Å². The summed E-state index contributed by atoms with van der Waals surface area (Å²) in [5.41, 5.74) is -5.67. The van der Waals surface area contributed by atoms with E-state index < -0.39 is 25.7 Å². The molecule has 0 bridgehead atoms. The third-order valence-corrected chi connectivity index (χ3v) is 4.06. The molecule has 0 aliphatic carbocycles. The van der Waals surface area contributed by atoms with E-state index in [1.165, 1.54) is 0 Å². The number of rotatable bonds is 2. The molecule has 1 N–H and O–H groups in total. The summed E-state index contributed by atoms with van der Waals surface area (Å²) in [5.74, 6) is 0. The van der Waals surface area contributed by atoms with Gasteiger partial charge in [0.05, 0.1) is 0 Å². The molecule has 86 valence electrons. The van der Waals surface area contributed by atoms with Crippen LogP contribution in [0.1, 0.15) is 0 Å². The van der Waals surface area contributed by atoms with Crippen LogP contribution in [0.15, 0.2) is 3.77 Å². The van der Waals surface area contributed by atoms with Crippen LogP contribution >= 0.6 is 0 Å². The van der Waals surface area contributed by atoms with Gasteiger partial charge in [-0.15, -0.1) is 0 Å². The third kappa shape index (κ3) is 3.08. The third-order valence-electron chi connectivity index (χ3n) is 0.963. The van der Waals surface area contributed by atoms with Gasteiger partial charge in [0.1, 0.15) is 0 Å². The first kappa shape index (κ1) is 13.6. The average molecular weight is 256 g/mol. The standard InChI is InChI=1S/C3H7F3N2O4S2/c1-8(2)14(11,12)7-13(9,10)3(4,5)6/h1-2H3,(H,7,11,12). The maximum Gasteiger partial charge on any atom is 0.519 e. The van der Waals surface area contributed by atoms with Gasteiger partial charge in [0.25, 0.3) is 0 Å². The monoisotopic (exact) mass is 256 g/mol. The molecule has 0 aliphatic heterocycles. The lowest BCUT2D eigenvalue weighted by Gasteiger charge is -2.10. The Kier molecular flexibility index (Phi) is 3.54. The van der Waals surface area contributed by atoms with Gasteiger partial charge in [-0.25, -0.2) is 8.51 Å². The summed E-state index contributed by atoms with van der Waals surface area (Å²) in [4.78, 5) is 0. The fraction of sp³-hybridized carbons (Fsp3) is 1.00. The Labute approximate surface area is 78.9 Å². The van der Waals surface area contributed by atoms with E-state index in [1.807, 2.05) is 3.77 Å². The summed E-state index contributed by atoms with van der Waals surface area (Å²) in [6.45, 7) is 0. The Morgan fingerprint density at radius 2 is 1.57 bits per heavy atom. The van der Waals surface area contributed by atoms with Crippen LogP contribution in [0.2, 0.25) is 0 Å². The Hall–Kier alpha value is -0.390. The van der Waals surface area contributed by atoms with Crippen LogP contribution in [-0.2, 0) is 20.2 Å². The quantitative estimate of drug-likeness (QED) is 0.767. The molecule has 0 spiro atoms. The molecule has 0 aromatic heterocycles. The molecule has 6 nitrogen and oxygen atoms in total. The van der Waals surface area contributed by atoms with E-state index in [-0.39, 0.29) is 0 Å². The first-order valence-corrected chi connectivity index (χ1v) is 5.76. The van der Waals surface area contributed by atoms with Crippen LogP contribution in [0.25, 0.3) is 0 Å². The zero-order valence-electron chi connectivity index (χ0n) is 7.02. The smallest absolute Gasteiger partial charge is 0.288 e. The number of alkyl halides is 3. The van der Waals surface area contributed by atoms with Gasteiger partial charge in [-0.2, -0.15) is 21.6 Å². The Balaban J connectivity index is 5.55. The van der Waals surface area contributed by atoms with Crippen LogP contribution in [0.4, 0.5) is 13.2 Å². The molecule has 11 heteroatoms. The van der Waals surface area contributed by atoms with Gasteiger partial charge < -0.3 is 0 Å². The van der Waals surface area contributed by atoms with E-state index in [0.717, 1.165) is 14.1 Å². The van der Waals surface area contributed by atoms with E-state index in [9.17, 15) is 25.8 Å². The lowest BCUT2D eigenvalue weighted by atomic mass is 11.3. The van der Waals surface area contributed by atoms with E-state index in [4.69, 9.17) is 4.55 Å². The minimum Gasteiger partial charge on any atom is -0.288 e. The van der Waals surface area contributed by atoms with E-state index in [2.05, 4.69) is 0 Å². The van der Waals surface area contributed by atoms with Gasteiger partial charge in [-0.1, -0.05) is 3.77 Å². The Bertz CT molecular complexity index is 416. The molecule has 1 unspecified atom stereocenters. The molecule has 0 amide bonds. The van der Waals surface area contributed by atoms with Gasteiger partial charge >= 0.3 is 15.5 Å². The zero-order valence-corrected chi connectivity index (χ0v) is 8.65. The van der Waals surface area contributed by atoms with Gasteiger partial charge in [-0.05, 0) is 0 Å². The molecule has 0 rings (SSSR count). The van der Waals surface area contributed by atoms with Crippen molar-refractivity contribution in [3.8, 4) is 0 Å². The first-order chi connectivity index (χ1) is 5.90. The topological polar surface area (TPSA) is 87.0 Å². The molecule has 0 saturated carbocycles. The van der Waals surface area contributed by atoms with Gasteiger partial charge in [0.2, 0.25) is 10.2 Å². The average Bonchev–Trinajstić information content (AvgIpc) is 1.80. The second-order valence-electron chi connectivity index (χ2n) is 2.28. The van der Waals surface area contributed by atoms with Crippen molar-refractivity contribution in [2.45, 2.75) is 5.51 Å². The van der Waals surface area contributed by atoms with Crippen molar-refractivity contribution in [2.24, 2.45) is 3.77 Å². The lowest BCUT2D eigenvalue weighted by Crippen LogP contribution is -2.27. The Morgan fingerprint density at radius 3 is 1.79 bits per heavy atom. The fourth-order valence-corrected chi connectivity index (χ4v) is 2.13. The number of hydrogen-bond acceptors (Lipinski definition) is 3. The first-order valence-electron chi connectivity index (χ1n) is 2.90. The molecule has 0 fully saturated rings. The van der Waals surface area contributed by atoms with E-state index in [0.29, 0.717) is 4.31 Å². The minimum absolute atomic E-state index is 0.357. The minimum atomic E-state index is -5.94. The van der Waals surface area contributed by atoms with Crippen molar-refractivity contribution in [1.29, 1.82) is 0 Å². The maximum atomic E-state index is 11.7. The van der Waals surface area contributed by atoms with Gasteiger partial charge in [-0.3, -0.25) is 4.55 Å². The molecular formula is C3H7F3N2O4S2. The summed E-state index contributed by atoms with van der Waals surface area (Å²) >= 11 is 0. The molecule has 0 heterocycles. The Morgan fingerprint density at radius 1 is 1.21 bits per heavy atom. The molecular weight excluding hydrogens is 249 g/mol. The molecule has 0 aliphatic rings. The van der Waals surface area contributed by atoms with Crippen LogP contribution in [0.3, 0.4) is 0 Å². The summed E-state index contributed by atoms with van der Waals surface area (Å²) in [7, 11) is -8.65. The molecule has 0 aromatic carbocycles. The second-order valence-corrected chi connectivity index (χ2v) is 5.95. The highest BCUT2D eigenvalue weighted by Crippen LogP contribution is 2.25. The summed E-state index contributed by atoms with van der Waals surface area (Å²) < 4.78 is 77.4. The van der Waals surface area contributed by atoms with Crippen molar-refractivity contribution >= 4 is 20.2 Å². The summed E-state index contributed by atoms with van der Waals surface area (Å²) in [5, 5.41) is 0. The van der Waals surface area contributed by atoms with Crippen LogP contribution in [-0.4, -0.2) is 41.1 Å². The molecule has 14 heavy (non-hydrogen) atoms. The highest BCUT2D eigenvalue weighted by atomic mass is 32.3. The van der Waals surface area contributed by atoms with Crippen LogP contribution < -0.4 is 0 Å². The lowest BCUT2D eigenvalue weighted by molar-refractivity contribution is -0.0435. The van der Waals surface area contributed by atoms with Crippen molar-refractivity contribution in [1.82, 2.24) is 4.31 Å².